The standard InChI is InChI=1S/C21H18N4O2S/c1-14-22-12-19(24-20(26)16-8-10-17(27-2)11-9-16)25(14)21-23-18(13-28-21)15-6-4-3-5-7-15/h3-13H,1-2H3,(H,24,26). The topological polar surface area (TPSA) is 69.0 Å². The lowest BCUT2D eigenvalue weighted by atomic mass is 10.2. The van der Waals surface area contributed by atoms with Gasteiger partial charge in [-0.15, -0.1) is 11.3 Å². The molecule has 0 fully saturated rings. The third-order valence-corrected chi connectivity index (χ3v) is 5.11. The van der Waals surface area contributed by atoms with Crippen LogP contribution in [0.1, 0.15) is 16.2 Å². The van der Waals surface area contributed by atoms with Crippen LogP contribution in [0.15, 0.2) is 66.2 Å². The SMILES string of the molecule is COc1ccc(C(=O)Nc2cnc(C)n2-c2nc(-c3ccccc3)cs2)cc1. The Morgan fingerprint density at radius 1 is 1.11 bits per heavy atom. The molecule has 4 aromatic rings. The van der Waals surface area contributed by atoms with Crippen molar-refractivity contribution in [1.82, 2.24) is 14.5 Å². The molecule has 2 heterocycles. The molecule has 1 N–H and O–H groups in total. The Morgan fingerprint density at radius 2 is 1.86 bits per heavy atom. The maximum Gasteiger partial charge on any atom is 0.256 e. The van der Waals surface area contributed by atoms with Crippen LogP contribution in [0.2, 0.25) is 0 Å². The number of carbonyl (C=O) groups is 1. The van der Waals surface area contributed by atoms with E-state index in [4.69, 9.17) is 9.72 Å². The van der Waals surface area contributed by atoms with Crippen molar-refractivity contribution in [3.8, 4) is 22.1 Å². The number of aryl methyl sites for hydroxylation is 1. The average molecular weight is 390 g/mol. The molecule has 1 amide bonds. The van der Waals surface area contributed by atoms with Crippen LogP contribution < -0.4 is 10.1 Å². The van der Waals surface area contributed by atoms with Crippen molar-refractivity contribution in [3.63, 3.8) is 0 Å². The zero-order valence-corrected chi connectivity index (χ0v) is 16.2. The molecule has 2 aromatic heterocycles. The molecule has 0 atom stereocenters. The number of thiazole rings is 1. The molecule has 7 heteroatoms. The van der Waals surface area contributed by atoms with Crippen LogP contribution in [0.3, 0.4) is 0 Å². The molecular formula is C21H18N4O2S. The van der Waals surface area contributed by atoms with E-state index in [1.807, 2.05) is 47.2 Å². The molecule has 4 rings (SSSR count). The number of ether oxygens (including phenoxy) is 1. The third kappa shape index (κ3) is 3.52. The van der Waals surface area contributed by atoms with E-state index in [9.17, 15) is 4.79 Å². The molecular weight excluding hydrogens is 372 g/mol. The Bertz CT molecular complexity index is 1100. The largest absolute Gasteiger partial charge is 0.497 e. The summed E-state index contributed by atoms with van der Waals surface area (Å²) in [6, 6.07) is 16.9. The highest BCUT2D eigenvalue weighted by Gasteiger charge is 2.16. The van der Waals surface area contributed by atoms with Crippen molar-refractivity contribution in [2.45, 2.75) is 6.92 Å². The van der Waals surface area contributed by atoms with Gasteiger partial charge in [-0.3, -0.25) is 9.36 Å². The number of carbonyl (C=O) groups excluding carboxylic acids is 1. The highest BCUT2D eigenvalue weighted by atomic mass is 32.1. The fraction of sp³-hybridized carbons (Fsp3) is 0.0952. The number of nitrogens with zero attached hydrogens (tertiary/aromatic N) is 3. The number of rotatable bonds is 5. The number of anilines is 1. The minimum atomic E-state index is -0.219. The number of aromatic nitrogens is 3. The maximum absolute atomic E-state index is 12.6. The van der Waals surface area contributed by atoms with Gasteiger partial charge in [-0.1, -0.05) is 30.3 Å². The van der Waals surface area contributed by atoms with Crippen molar-refractivity contribution in [2.75, 3.05) is 12.4 Å². The first-order valence-electron chi connectivity index (χ1n) is 8.67. The third-order valence-electron chi connectivity index (χ3n) is 4.28. The van der Waals surface area contributed by atoms with E-state index in [-0.39, 0.29) is 5.91 Å². The van der Waals surface area contributed by atoms with Crippen molar-refractivity contribution in [1.29, 1.82) is 0 Å². The predicted molar refractivity (Wildman–Crippen MR) is 110 cm³/mol. The van der Waals surface area contributed by atoms with Crippen LogP contribution in [0, 0.1) is 6.92 Å². The first kappa shape index (κ1) is 17.9. The molecule has 0 aliphatic carbocycles. The zero-order valence-electron chi connectivity index (χ0n) is 15.4. The summed E-state index contributed by atoms with van der Waals surface area (Å²) < 4.78 is 6.98. The summed E-state index contributed by atoms with van der Waals surface area (Å²) in [5.41, 5.74) is 2.48. The van der Waals surface area contributed by atoms with Gasteiger partial charge >= 0.3 is 0 Å². The van der Waals surface area contributed by atoms with E-state index >= 15 is 0 Å². The number of hydrogen-bond donors (Lipinski definition) is 1. The summed E-state index contributed by atoms with van der Waals surface area (Å²) in [6.07, 6.45) is 1.64. The van der Waals surface area contributed by atoms with Crippen molar-refractivity contribution in [3.05, 3.63) is 77.6 Å². The molecule has 0 radical (unpaired) electrons. The summed E-state index contributed by atoms with van der Waals surface area (Å²) in [6.45, 7) is 1.88. The van der Waals surface area contributed by atoms with Gasteiger partial charge < -0.3 is 10.1 Å². The zero-order chi connectivity index (χ0) is 19.5. The summed E-state index contributed by atoms with van der Waals surface area (Å²) in [5.74, 6) is 1.81. The van der Waals surface area contributed by atoms with E-state index in [1.54, 1.807) is 37.6 Å². The molecule has 0 bridgehead atoms. The monoisotopic (exact) mass is 390 g/mol. The summed E-state index contributed by atoms with van der Waals surface area (Å²) in [4.78, 5) is 21.7. The fourth-order valence-corrected chi connectivity index (χ4v) is 3.71. The van der Waals surface area contributed by atoms with Gasteiger partial charge in [0.15, 0.2) is 5.13 Å². The van der Waals surface area contributed by atoms with Gasteiger partial charge in [-0.05, 0) is 31.2 Å². The minimum Gasteiger partial charge on any atom is -0.497 e. The molecule has 2 aromatic carbocycles. The molecule has 0 spiro atoms. The second kappa shape index (κ2) is 7.66. The summed E-state index contributed by atoms with van der Waals surface area (Å²) in [7, 11) is 1.59. The lowest BCUT2D eigenvalue weighted by Crippen LogP contribution is -2.15. The number of nitrogens with one attached hydrogen (secondary N) is 1. The number of methoxy groups -OCH3 is 1. The number of benzene rings is 2. The molecule has 0 aliphatic rings. The number of imidazole rings is 1. The smallest absolute Gasteiger partial charge is 0.256 e. The highest BCUT2D eigenvalue weighted by molar-refractivity contribution is 7.12. The number of amides is 1. The van der Waals surface area contributed by atoms with Crippen molar-refractivity contribution >= 4 is 23.1 Å². The Kier molecular flexibility index (Phi) is 4.90. The first-order chi connectivity index (χ1) is 13.7. The molecule has 28 heavy (non-hydrogen) atoms. The maximum atomic E-state index is 12.6. The molecule has 0 aliphatic heterocycles. The Morgan fingerprint density at radius 3 is 2.57 bits per heavy atom. The Hall–Kier alpha value is -3.45. The Labute approximate surface area is 166 Å². The molecule has 140 valence electrons. The first-order valence-corrected chi connectivity index (χ1v) is 9.55. The molecule has 0 unspecified atom stereocenters. The Balaban J connectivity index is 1.61. The fourth-order valence-electron chi connectivity index (χ4n) is 2.81. The van der Waals surface area contributed by atoms with Gasteiger partial charge in [0, 0.05) is 16.5 Å². The van der Waals surface area contributed by atoms with Crippen LogP contribution in [0.5, 0.6) is 5.75 Å². The van der Waals surface area contributed by atoms with Gasteiger partial charge in [-0.2, -0.15) is 0 Å². The minimum absolute atomic E-state index is 0.219. The second-order valence-electron chi connectivity index (χ2n) is 6.09. The molecule has 0 saturated carbocycles. The van der Waals surface area contributed by atoms with E-state index < -0.39 is 0 Å². The average Bonchev–Trinajstić information content (AvgIpc) is 3.35. The molecule has 0 saturated heterocycles. The van der Waals surface area contributed by atoms with E-state index in [0.29, 0.717) is 17.1 Å². The van der Waals surface area contributed by atoms with E-state index in [0.717, 1.165) is 22.2 Å². The normalized spacial score (nSPS) is 10.6. The second-order valence-corrected chi connectivity index (χ2v) is 6.93. The van der Waals surface area contributed by atoms with Crippen LogP contribution in [-0.4, -0.2) is 27.6 Å². The van der Waals surface area contributed by atoms with Gasteiger partial charge in [0.1, 0.15) is 17.4 Å². The number of hydrogen-bond acceptors (Lipinski definition) is 5. The van der Waals surface area contributed by atoms with Crippen LogP contribution >= 0.6 is 11.3 Å². The highest BCUT2D eigenvalue weighted by Crippen LogP contribution is 2.27. The predicted octanol–water partition coefficient (Wildman–Crippen LogP) is 4.57. The summed E-state index contributed by atoms with van der Waals surface area (Å²) >= 11 is 1.50. The quantitative estimate of drug-likeness (QED) is 0.542. The lowest BCUT2D eigenvalue weighted by Gasteiger charge is -2.09. The van der Waals surface area contributed by atoms with E-state index in [2.05, 4.69) is 10.3 Å². The van der Waals surface area contributed by atoms with Gasteiger partial charge in [-0.25, -0.2) is 9.97 Å². The van der Waals surface area contributed by atoms with Crippen molar-refractivity contribution < 1.29 is 9.53 Å². The lowest BCUT2D eigenvalue weighted by molar-refractivity contribution is 0.102. The molecule has 6 nitrogen and oxygen atoms in total. The van der Waals surface area contributed by atoms with Gasteiger partial charge in [0.25, 0.3) is 5.91 Å². The van der Waals surface area contributed by atoms with Crippen LogP contribution in [-0.2, 0) is 0 Å². The van der Waals surface area contributed by atoms with Crippen LogP contribution in [0.4, 0.5) is 5.82 Å². The van der Waals surface area contributed by atoms with Gasteiger partial charge in [0.05, 0.1) is 19.0 Å². The summed E-state index contributed by atoms with van der Waals surface area (Å²) in [5, 5.41) is 5.67. The van der Waals surface area contributed by atoms with Crippen LogP contribution in [0.25, 0.3) is 16.4 Å². The van der Waals surface area contributed by atoms with Crippen molar-refractivity contribution in [2.24, 2.45) is 0 Å². The van der Waals surface area contributed by atoms with E-state index in [1.165, 1.54) is 11.3 Å². The van der Waals surface area contributed by atoms with Gasteiger partial charge in [0.2, 0.25) is 0 Å².